The Labute approximate surface area is 134 Å². The second-order valence-corrected chi connectivity index (χ2v) is 5.35. The van der Waals surface area contributed by atoms with Crippen LogP contribution in [0, 0.1) is 0 Å². The Morgan fingerprint density at radius 1 is 1.04 bits per heavy atom. The third kappa shape index (κ3) is 3.07. The lowest BCUT2D eigenvalue weighted by Gasteiger charge is -2.15. The van der Waals surface area contributed by atoms with E-state index in [2.05, 4.69) is 4.98 Å². The van der Waals surface area contributed by atoms with Gasteiger partial charge in [-0.3, -0.25) is 4.57 Å². The summed E-state index contributed by atoms with van der Waals surface area (Å²) in [5.74, 6) is 0. The lowest BCUT2D eigenvalue weighted by molar-refractivity contribution is -0.140. The molecule has 0 fully saturated rings. The molecule has 3 rings (SSSR count). The smallest absolute Gasteiger partial charge is 0.281 e. The summed E-state index contributed by atoms with van der Waals surface area (Å²) >= 11 is 6.07. The van der Waals surface area contributed by atoms with Gasteiger partial charge in [0.2, 0.25) is 0 Å². The molecule has 0 radical (unpaired) electrons. The Hall–Kier alpha value is -2.34. The largest absolute Gasteiger partial charge is 0.406 e. The van der Waals surface area contributed by atoms with Gasteiger partial charge in [-0.05, 0) is 6.07 Å². The van der Waals surface area contributed by atoms with Crippen LogP contribution in [0.4, 0.5) is 13.2 Å². The molecule has 118 valence electrons. The maximum absolute atomic E-state index is 12.8. The SMILES string of the molecule is O=c1nc(-c2ccccc2)c2cccc(Cl)c2n1CC(F)(F)F. The summed E-state index contributed by atoms with van der Waals surface area (Å²) in [4.78, 5) is 16.0. The number of aromatic nitrogens is 2. The highest BCUT2D eigenvalue weighted by atomic mass is 35.5. The predicted molar refractivity (Wildman–Crippen MR) is 82.5 cm³/mol. The van der Waals surface area contributed by atoms with Crippen LogP contribution in [0.15, 0.2) is 53.3 Å². The minimum absolute atomic E-state index is 0.0327. The number of benzene rings is 2. The quantitative estimate of drug-likeness (QED) is 0.699. The molecule has 0 atom stereocenters. The highest BCUT2D eigenvalue weighted by molar-refractivity contribution is 6.35. The number of alkyl halides is 3. The molecule has 0 saturated carbocycles. The molecular weight excluding hydrogens is 329 g/mol. The van der Waals surface area contributed by atoms with Gasteiger partial charge in [0.15, 0.2) is 0 Å². The number of hydrogen-bond acceptors (Lipinski definition) is 2. The van der Waals surface area contributed by atoms with E-state index in [1.807, 2.05) is 0 Å². The number of fused-ring (bicyclic) bond motifs is 1. The Balaban J connectivity index is 2.37. The monoisotopic (exact) mass is 338 g/mol. The van der Waals surface area contributed by atoms with Crippen molar-refractivity contribution >= 4 is 22.5 Å². The second kappa shape index (κ2) is 5.70. The highest BCUT2D eigenvalue weighted by Crippen LogP contribution is 2.30. The van der Waals surface area contributed by atoms with E-state index in [9.17, 15) is 18.0 Å². The third-order valence-electron chi connectivity index (χ3n) is 3.33. The summed E-state index contributed by atoms with van der Waals surface area (Å²) in [6, 6.07) is 13.4. The predicted octanol–water partition coefficient (Wildman–Crippen LogP) is 4.28. The van der Waals surface area contributed by atoms with Crippen LogP contribution >= 0.6 is 11.6 Å². The van der Waals surface area contributed by atoms with Crippen LogP contribution in [0.25, 0.3) is 22.2 Å². The van der Waals surface area contributed by atoms with E-state index in [1.165, 1.54) is 6.07 Å². The molecule has 1 aromatic heterocycles. The van der Waals surface area contributed by atoms with Crippen molar-refractivity contribution in [2.45, 2.75) is 12.7 Å². The van der Waals surface area contributed by atoms with Crippen LogP contribution in [0.5, 0.6) is 0 Å². The molecule has 0 saturated heterocycles. The first-order valence-electron chi connectivity index (χ1n) is 6.68. The van der Waals surface area contributed by atoms with E-state index in [1.54, 1.807) is 42.5 Å². The fourth-order valence-electron chi connectivity index (χ4n) is 2.43. The molecule has 0 bridgehead atoms. The lowest BCUT2D eigenvalue weighted by atomic mass is 10.1. The van der Waals surface area contributed by atoms with Gasteiger partial charge >= 0.3 is 11.9 Å². The normalized spacial score (nSPS) is 11.8. The zero-order chi connectivity index (χ0) is 16.6. The molecule has 2 aromatic carbocycles. The first-order valence-corrected chi connectivity index (χ1v) is 7.06. The molecule has 0 aliphatic rings. The number of halogens is 4. The molecule has 0 aliphatic carbocycles. The Morgan fingerprint density at radius 2 is 1.74 bits per heavy atom. The average molecular weight is 339 g/mol. The maximum Gasteiger partial charge on any atom is 0.406 e. The van der Waals surface area contributed by atoms with Gasteiger partial charge in [-0.1, -0.05) is 54.1 Å². The zero-order valence-electron chi connectivity index (χ0n) is 11.6. The number of para-hydroxylation sites is 1. The van der Waals surface area contributed by atoms with Gasteiger partial charge in [0.05, 0.1) is 16.2 Å². The molecule has 0 amide bonds. The summed E-state index contributed by atoms with van der Waals surface area (Å²) in [5.41, 5.74) is -0.00493. The summed E-state index contributed by atoms with van der Waals surface area (Å²) < 4.78 is 38.9. The molecule has 3 aromatic rings. The van der Waals surface area contributed by atoms with Crippen molar-refractivity contribution in [1.82, 2.24) is 9.55 Å². The van der Waals surface area contributed by atoms with Gasteiger partial charge < -0.3 is 0 Å². The van der Waals surface area contributed by atoms with Crippen molar-refractivity contribution < 1.29 is 13.2 Å². The first kappa shape index (κ1) is 15.6. The molecule has 0 unspecified atom stereocenters. The van der Waals surface area contributed by atoms with Crippen LogP contribution in [0.1, 0.15) is 0 Å². The van der Waals surface area contributed by atoms with Crippen LogP contribution in [-0.4, -0.2) is 15.7 Å². The van der Waals surface area contributed by atoms with Gasteiger partial charge in [-0.2, -0.15) is 18.2 Å². The minimum atomic E-state index is -4.55. The van der Waals surface area contributed by atoms with Gasteiger partial charge in [-0.15, -0.1) is 0 Å². The number of nitrogens with zero attached hydrogens (tertiary/aromatic N) is 2. The number of rotatable bonds is 2. The van der Waals surface area contributed by atoms with E-state index in [0.29, 0.717) is 21.2 Å². The van der Waals surface area contributed by atoms with Crippen molar-refractivity contribution in [3.8, 4) is 11.3 Å². The van der Waals surface area contributed by atoms with E-state index < -0.39 is 18.4 Å². The Morgan fingerprint density at radius 3 is 2.39 bits per heavy atom. The average Bonchev–Trinajstić information content (AvgIpc) is 2.49. The van der Waals surface area contributed by atoms with E-state index >= 15 is 0 Å². The Bertz CT molecular complexity index is 920. The van der Waals surface area contributed by atoms with Crippen molar-refractivity contribution in [3.05, 3.63) is 64.0 Å². The van der Waals surface area contributed by atoms with Gasteiger partial charge in [0, 0.05) is 10.9 Å². The van der Waals surface area contributed by atoms with Crippen LogP contribution in [-0.2, 0) is 6.54 Å². The standard InChI is InChI=1S/C16H10ClF3N2O/c17-12-8-4-7-11-13(10-5-2-1-3-6-10)21-15(23)22(14(11)12)9-16(18,19)20/h1-8H,9H2. The fraction of sp³-hybridized carbons (Fsp3) is 0.125. The third-order valence-corrected chi connectivity index (χ3v) is 3.64. The first-order chi connectivity index (χ1) is 10.9. The van der Waals surface area contributed by atoms with Crippen LogP contribution in [0.2, 0.25) is 5.02 Å². The second-order valence-electron chi connectivity index (χ2n) is 4.95. The summed E-state index contributed by atoms with van der Waals surface area (Å²) in [6.07, 6.45) is -4.55. The van der Waals surface area contributed by atoms with Crippen LogP contribution < -0.4 is 5.69 Å². The summed E-state index contributed by atoms with van der Waals surface area (Å²) in [7, 11) is 0. The topological polar surface area (TPSA) is 34.9 Å². The van der Waals surface area contributed by atoms with Gasteiger partial charge in [0.1, 0.15) is 6.54 Å². The van der Waals surface area contributed by atoms with Gasteiger partial charge in [0.25, 0.3) is 0 Å². The molecule has 1 heterocycles. The van der Waals surface area contributed by atoms with Crippen LogP contribution in [0.3, 0.4) is 0 Å². The molecule has 7 heteroatoms. The lowest BCUT2D eigenvalue weighted by Crippen LogP contribution is -2.30. The van der Waals surface area contributed by atoms with Crippen molar-refractivity contribution in [2.75, 3.05) is 0 Å². The Kier molecular flexibility index (Phi) is 3.85. The minimum Gasteiger partial charge on any atom is -0.281 e. The molecular formula is C16H10ClF3N2O. The molecule has 23 heavy (non-hydrogen) atoms. The molecule has 0 spiro atoms. The van der Waals surface area contributed by atoms with Crippen molar-refractivity contribution in [3.63, 3.8) is 0 Å². The molecule has 0 aliphatic heterocycles. The fourth-order valence-corrected chi connectivity index (χ4v) is 2.71. The molecule has 3 nitrogen and oxygen atoms in total. The van der Waals surface area contributed by atoms with E-state index in [4.69, 9.17) is 11.6 Å². The van der Waals surface area contributed by atoms with Gasteiger partial charge in [-0.25, -0.2) is 4.79 Å². The highest BCUT2D eigenvalue weighted by Gasteiger charge is 2.30. The maximum atomic E-state index is 12.8. The van der Waals surface area contributed by atoms with Crippen molar-refractivity contribution in [1.29, 1.82) is 0 Å². The molecule has 0 N–H and O–H groups in total. The summed E-state index contributed by atoms with van der Waals surface area (Å²) in [5, 5.41) is 0.469. The van der Waals surface area contributed by atoms with Crippen molar-refractivity contribution in [2.24, 2.45) is 0 Å². The number of hydrogen-bond donors (Lipinski definition) is 0. The zero-order valence-corrected chi connectivity index (χ0v) is 12.4. The summed E-state index contributed by atoms with van der Waals surface area (Å²) in [6.45, 7) is -1.44. The van der Waals surface area contributed by atoms with E-state index in [-0.39, 0.29) is 10.5 Å². The van der Waals surface area contributed by atoms with E-state index in [0.717, 1.165) is 0 Å².